The number of carbonyl (C=O) groups excluding carboxylic acids is 2. The first-order valence-electron chi connectivity index (χ1n) is 11.0. The van der Waals surface area contributed by atoms with Gasteiger partial charge in [0.05, 0.1) is 0 Å². The van der Waals surface area contributed by atoms with Crippen LogP contribution in [0.1, 0.15) is 49.3 Å². The van der Waals surface area contributed by atoms with Crippen molar-refractivity contribution in [1.82, 2.24) is 10.2 Å². The molecule has 0 unspecified atom stereocenters. The monoisotopic (exact) mass is 476 g/mol. The van der Waals surface area contributed by atoms with Crippen molar-refractivity contribution >= 4 is 35.0 Å². The summed E-state index contributed by atoms with van der Waals surface area (Å²) in [6, 6.07) is 10.4. The van der Waals surface area contributed by atoms with Crippen LogP contribution in [-0.2, 0) is 16.1 Å². The van der Waals surface area contributed by atoms with Gasteiger partial charge >= 0.3 is 0 Å². The molecule has 0 aliphatic heterocycles. The van der Waals surface area contributed by atoms with Crippen LogP contribution in [-0.4, -0.2) is 35.4 Å². The number of carbonyl (C=O) groups is 2. The second-order valence-electron chi connectivity index (χ2n) is 8.37. The standard InChI is InChI=1S/C25H30Cl2N2O3/c1-16-8-6-13-23(17(16)2)32-15-24(30)29(14-20-21(26)11-7-12-22(20)27)18(3)25(31)28-19-9-4-5-10-19/h6-8,11-13,18-19H,4-5,9-10,14-15H2,1-3H3,(H,28,31)/t18-/m1/s1. The minimum Gasteiger partial charge on any atom is -0.483 e. The highest BCUT2D eigenvalue weighted by atomic mass is 35.5. The van der Waals surface area contributed by atoms with Crippen LogP contribution in [0.2, 0.25) is 10.0 Å². The fourth-order valence-corrected chi connectivity index (χ4v) is 4.45. The van der Waals surface area contributed by atoms with Crippen LogP contribution >= 0.6 is 23.2 Å². The molecule has 0 aromatic heterocycles. The number of ether oxygens (including phenoxy) is 1. The molecular formula is C25H30Cl2N2O3. The molecule has 5 nitrogen and oxygen atoms in total. The van der Waals surface area contributed by atoms with E-state index in [0.29, 0.717) is 21.4 Å². The lowest BCUT2D eigenvalue weighted by Gasteiger charge is -2.30. The quantitative estimate of drug-likeness (QED) is 0.549. The number of hydrogen-bond donors (Lipinski definition) is 1. The Balaban J connectivity index is 1.79. The van der Waals surface area contributed by atoms with Crippen LogP contribution in [0.5, 0.6) is 5.75 Å². The number of benzene rings is 2. The normalized spacial score (nSPS) is 14.8. The van der Waals surface area contributed by atoms with E-state index < -0.39 is 6.04 Å². The maximum atomic E-state index is 13.3. The third-order valence-electron chi connectivity index (χ3n) is 6.17. The number of hydrogen-bond acceptors (Lipinski definition) is 3. The summed E-state index contributed by atoms with van der Waals surface area (Å²) in [7, 11) is 0. The predicted octanol–water partition coefficient (Wildman–Crippen LogP) is 5.47. The van der Waals surface area contributed by atoms with Crippen molar-refractivity contribution in [2.45, 2.75) is 65.1 Å². The van der Waals surface area contributed by atoms with E-state index in [9.17, 15) is 9.59 Å². The van der Waals surface area contributed by atoms with E-state index in [1.165, 1.54) is 4.90 Å². The Kier molecular flexibility index (Phi) is 8.44. The summed E-state index contributed by atoms with van der Waals surface area (Å²) in [5.74, 6) is 0.160. The highest BCUT2D eigenvalue weighted by molar-refractivity contribution is 6.36. The maximum absolute atomic E-state index is 13.3. The third-order valence-corrected chi connectivity index (χ3v) is 6.87. The van der Waals surface area contributed by atoms with Crippen molar-refractivity contribution in [3.8, 4) is 5.75 Å². The number of aryl methyl sites for hydroxylation is 1. The summed E-state index contributed by atoms with van der Waals surface area (Å²) < 4.78 is 5.83. The van der Waals surface area contributed by atoms with Gasteiger partial charge in [-0.3, -0.25) is 9.59 Å². The molecule has 1 N–H and O–H groups in total. The van der Waals surface area contributed by atoms with Crippen LogP contribution in [0.4, 0.5) is 0 Å². The number of rotatable bonds is 8. The van der Waals surface area contributed by atoms with Crippen molar-refractivity contribution in [2.75, 3.05) is 6.61 Å². The van der Waals surface area contributed by atoms with E-state index in [1.54, 1.807) is 25.1 Å². The van der Waals surface area contributed by atoms with E-state index in [4.69, 9.17) is 27.9 Å². The Bertz CT molecular complexity index is 953. The third kappa shape index (κ3) is 5.96. The van der Waals surface area contributed by atoms with Gasteiger partial charge in [0.25, 0.3) is 5.91 Å². The van der Waals surface area contributed by atoms with E-state index >= 15 is 0 Å². The largest absolute Gasteiger partial charge is 0.483 e. The van der Waals surface area contributed by atoms with E-state index in [2.05, 4.69) is 5.32 Å². The van der Waals surface area contributed by atoms with Crippen molar-refractivity contribution in [3.63, 3.8) is 0 Å². The second kappa shape index (κ2) is 11.1. The summed E-state index contributed by atoms with van der Waals surface area (Å²) >= 11 is 12.7. The Morgan fingerprint density at radius 1 is 1.09 bits per heavy atom. The Morgan fingerprint density at radius 3 is 2.38 bits per heavy atom. The zero-order chi connectivity index (χ0) is 23.3. The molecule has 3 rings (SSSR count). The average Bonchev–Trinajstić information content (AvgIpc) is 3.27. The summed E-state index contributed by atoms with van der Waals surface area (Å²) in [5, 5.41) is 3.99. The predicted molar refractivity (Wildman–Crippen MR) is 128 cm³/mol. The van der Waals surface area contributed by atoms with Crippen LogP contribution in [0.25, 0.3) is 0 Å². The molecule has 1 aliphatic rings. The molecular weight excluding hydrogens is 447 g/mol. The highest BCUT2D eigenvalue weighted by Gasteiger charge is 2.29. The minimum atomic E-state index is -0.697. The lowest BCUT2D eigenvalue weighted by molar-refractivity contribution is -0.142. The Morgan fingerprint density at radius 2 is 1.72 bits per heavy atom. The summed E-state index contributed by atoms with van der Waals surface area (Å²) in [6.07, 6.45) is 4.17. The molecule has 1 saturated carbocycles. The van der Waals surface area contributed by atoms with Crippen LogP contribution in [0.3, 0.4) is 0 Å². The van der Waals surface area contributed by atoms with Crippen LogP contribution in [0, 0.1) is 13.8 Å². The molecule has 2 aromatic carbocycles. The SMILES string of the molecule is Cc1cccc(OCC(=O)N(Cc2c(Cl)cccc2Cl)[C@H](C)C(=O)NC2CCCC2)c1C. The second-order valence-corrected chi connectivity index (χ2v) is 9.19. The molecule has 7 heteroatoms. The number of nitrogens with zero attached hydrogens (tertiary/aromatic N) is 1. The first-order valence-corrected chi connectivity index (χ1v) is 11.7. The fourth-order valence-electron chi connectivity index (χ4n) is 3.93. The molecule has 1 atom stereocenters. The molecule has 32 heavy (non-hydrogen) atoms. The van der Waals surface area contributed by atoms with Gasteiger partial charge in [0, 0.05) is 28.2 Å². The number of halogens is 2. The Labute approximate surface area is 200 Å². The lowest BCUT2D eigenvalue weighted by Crippen LogP contribution is -2.50. The van der Waals surface area contributed by atoms with Gasteiger partial charge in [0.15, 0.2) is 6.61 Å². The van der Waals surface area contributed by atoms with Crippen molar-refractivity contribution < 1.29 is 14.3 Å². The molecule has 2 amide bonds. The molecule has 0 heterocycles. The molecule has 1 fully saturated rings. The highest BCUT2D eigenvalue weighted by Crippen LogP contribution is 2.27. The summed E-state index contributed by atoms with van der Waals surface area (Å²) in [6.45, 7) is 5.60. The average molecular weight is 477 g/mol. The van der Waals surface area contributed by atoms with Crippen molar-refractivity contribution in [1.29, 1.82) is 0 Å². The minimum absolute atomic E-state index is 0.118. The number of nitrogens with one attached hydrogen (secondary N) is 1. The van der Waals surface area contributed by atoms with Gasteiger partial charge in [-0.15, -0.1) is 0 Å². The summed E-state index contributed by atoms with van der Waals surface area (Å²) in [5.41, 5.74) is 2.67. The topological polar surface area (TPSA) is 58.6 Å². The van der Waals surface area contributed by atoms with Gasteiger partial charge in [-0.25, -0.2) is 0 Å². The lowest BCUT2D eigenvalue weighted by atomic mass is 10.1. The van der Waals surface area contributed by atoms with Crippen LogP contribution in [0.15, 0.2) is 36.4 Å². The molecule has 2 aromatic rings. The van der Waals surface area contributed by atoms with Gasteiger partial charge < -0.3 is 15.0 Å². The molecule has 172 valence electrons. The maximum Gasteiger partial charge on any atom is 0.261 e. The van der Waals surface area contributed by atoms with Gasteiger partial charge in [-0.05, 0) is 62.9 Å². The van der Waals surface area contributed by atoms with Gasteiger partial charge in [-0.1, -0.05) is 54.2 Å². The zero-order valence-corrected chi connectivity index (χ0v) is 20.3. The summed E-state index contributed by atoms with van der Waals surface area (Å²) in [4.78, 5) is 27.7. The van der Waals surface area contributed by atoms with E-state index in [-0.39, 0.29) is 31.0 Å². The van der Waals surface area contributed by atoms with E-state index in [0.717, 1.165) is 36.8 Å². The van der Waals surface area contributed by atoms with E-state index in [1.807, 2.05) is 32.0 Å². The van der Waals surface area contributed by atoms with Crippen LogP contribution < -0.4 is 10.1 Å². The van der Waals surface area contributed by atoms with Crippen molar-refractivity contribution in [2.24, 2.45) is 0 Å². The Hall–Kier alpha value is -2.24. The van der Waals surface area contributed by atoms with Gasteiger partial charge in [0.1, 0.15) is 11.8 Å². The molecule has 0 spiro atoms. The molecule has 0 bridgehead atoms. The van der Waals surface area contributed by atoms with Crippen molar-refractivity contribution in [3.05, 3.63) is 63.1 Å². The first-order chi connectivity index (χ1) is 15.3. The first kappa shape index (κ1) is 24.4. The molecule has 0 radical (unpaired) electrons. The number of amides is 2. The zero-order valence-electron chi connectivity index (χ0n) is 18.8. The fraction of sp³-hybridized carbons (Fsp3) is 0.440. The smallest absolute Gasteiger partial charge is 0.261 e. The molecule has 0 saturated heterocycles. The van der Waals surface area contributed by atoms with Gasteiger partial charge in [0.2, 0.25) is 5.91 Å². The van der Waals surface area contributed by atoms with Gasteiger partial charge in [-0.2, -0.15) is 0 Å². The molecule has 1 aliphatic carbocycles.